The Morgan fingerprint density at radius 1 is 1.00 bits per heavy atom. The van der Waals surface area contributed by atoms with Crippen LogP contribution in [0.25, 0.3) is 11.3 Å². The first kappa shape index (κ1) is 14.2. The fourth-order valence-electron chi connectivity index (χ4n) is 2.05. The van der Waals surface area contributed by atoms with E-state index in [4.69, 9.17) is 16.0 Å². The van der Waals surface area contributed by atoms with E-state index in [1.54, 1.807) is 0 Å². The topological polar surface area (TPSA) is 25.2 Å². The highest BCUT2D eigenvalue weighted by molar-refractivity contribution is 9.10. The van der Waals surface area contributed by atoms with Crippen molar-refractivity contribution in [1.29, 1.82) is 0 Å². The number of para-hydroxylation sites is 1. The van der Waals surface area contributed by atoms with Crippen molar-refractivity contribution in [3.63, 3.8) is 0 Å². The van der Waals surface area contributed by atoms with Crippen LogP contribution < -0.4 is 5.32 Å². The molecule has 0 bridgehead atoms. The first-order valence-electron chi connectivity index (χ1n) is 6.55. The molecule has 3 rings (SSSR count). The van der Waals surface area contributed by atoms with Gasteiger partial charge in [-0.2, -0.15) is 0 Å². The molecule has 0 atom stereocenters. The molecule has 0 unspecified atom stereocenters. The zero-order valence-corrected chi connectivity index (χ0v) is 13.5. The number of furan rings is 1. The summed E-state index contributed by atoms with van der Waals surface area (Å²) in [6.45, 7) is 0.637. The fraction of sp³-hybridized carbons (Fsp3) is 0.0588. The summed E-state index contributed by atoms with van der Waals surface area (Å²) in [4.78, 5) is 0. The third-order valence-corrected chi connectivity index (χ3v) is 3.90. The Kier molecular flexibility index (Phi) is 4.32. The van der Waals surface area contributed by atoms with Gasteiger partial charge in [0.1, 0.15) is 11.5 Å². The maximum absolute atomic E-state index is 6.24. The van der Waals surface area contributed by atoms with Crippen LogP contribution in [-0.4, -0.2) is 0 Å². The molecule has 0 spiro atoms. The van der Waals surface area contributed by atoms with Crippen LogP contribution in [0.3, 0.4) is 0 Å². The predicted molar refractivity (Wildman–Crippen MR) is 90.6 cm³/mol. The van der Waals surface area contributed by atoms with Gasteiger partial charge in [0.2, 0.25) is 0 Å². The van der Waals surface area contributed by atoms with Gasteiger partial charge in [-0.3, -0.25) is 0 Å². The molecule has 0 aliphatic heterocycles. The largest absolute Gasteiger partial charge is 0.459 e. The highest BCUT2D eigenvalue weighted by atomic mass is 79.9. The number of rotatable bonds is 4. The molecule has 2 aromatic carbocycles. The van der Waals surface area contributed by atoms with Gasteiger partial charge in [0.05, 0.1) is 11.6 Å². The molecule has 0 aliphatic carbocycles. The van der Waals surface area contributed by atoms with Crippen molar-refractivity contribution in [3.8, 4) is 11.3 Å². The third kappa shape index (κ3) is 3.49. The standard InChI is InChI=1S/C17H13BrClNO/c18-12-6-8-15(16(19)10-12)17-9-7-14(21-17)11-20-13-4-2-1-3-5-13/h1-10,20H,11H2. The zero-order valence-electron chi connectivity index (χ0n) is 11.1. The van der Waals surface area contributed by atoms with Crippen LogP contribution in [0.2, 0.25) is 5.02 Å². The molecule has 0 radical (unpaired) electrons. The van der Waals surface area contributed by atoms with Gasteiger partial charge in [0, 0.05) is 15.7 Å². The summed E-state index contributed by atoms with van der Waals surface area (Å²) in [5.74, 6) is 1.64. The molecule has 1 aromatic heterocycles. The molecule has 3 aromatic rings. The Morgan fingerprint density at radius 2 is 1.81 bits per heavy atom. The van der Waals surface area contributed by atoms with Crippen molar-refractivity contribution in [3.05, 3.63) is 75.9 Å². The minimum Gasteiger partial charge on any atom is -0.459 e. The number of hydrogen-bond acceptors (Lipinski definition) is 2. The Hall–Kier alpha value is -1.71. The van der Waals surface area contributed by atoms with Gasteiger partial charge in [-0.05, 0) is 42.5 Å². The summed E-state index contributed by atoms with van der Waals surface area (Å²) in [5.41, 5.74) is 1.96. The lowest BCUT2D eigenvalue weighted by molar-refractivity contribution is 0.531. The van der Waals surface area contributed by atoms with Crippen molar-refractivity contribution >= 4 is 33.2 Å². The van der Waals surface area contributed by atoms with E-state index in [-0.39, 0.29) is 0 Å². The monoisotopic (exact) mass is 361 g/mol. The van der Waals surface area contributed by atoms with E-state index in [2.05, 4.69) is 21.2 Å². The van der Waals surface area contributed by atoms with Crippen molar-refractivity contribution in [2.24, 2.45) is 0 Å². The number of benzene rings is 2. The number of hydrogen-bond donors (Lipinski definition) is 1. The van der Waals surface area contributed by atoms with Crippen LogP contribution >= 0.6 is 27.5 Å². The molecule has 0 saturated heterocycles. The second-order valence-corrected chi connectivity index (χ2v) is 5.93. The van der Waals surface area contributed by atoms with Gasteiger partial charge in [-0.1, -0.05) is 45.7 Å². The van der Waals surface area contributed by atoms with E-state index in [1.807, 2.05) is 60.7 Å². The Bertz CT molecular complexity index is 740. The predicted octanol–water partition coefficient (Wildman–Crippen LogP) is 5.97. The molecule has 1 heterocycles. The summed E-state index contributed by atoms with van der Waals surface area (Å²) in [6, 6.07) is 19.7. The molecule has 21 heavy (non-hydrogen) atoms. The zero-order chi connectivity index (χ0) is 14.7. The Morgan fingerprint density at radius 3 is 2.57 bits per heavy atom. The smallest absolute Gasteiger partial charge is 0.135 e. The summed E-state index contributed by atoms with van der Waals surface area (Å²) in [5, 5.41) is 3.98. The van der Waals surface area contributed by atoms with Gasteiger partial charge < -0.3 is 9.73 Å². The molecule has 4 heteroatoms. The molecule has 106 valence electrons. The average molecular weight is 363 g/mol. The Labute approximate surface area is 136 Å². The van der Waals surface area contributed by atoms with E-state index in [1.165, 1.54) is 0 Å². The number of nitrogens with one attached hydrogen (secondary N) is 1. The highest BCUT2D eigenvalue weighted by Gasteiger charge is 2.09. The van der Waals surface area contributed by atoms with E-state index >= 15 is 0 Å². The maximum Gasteiger partial charge on any atom is 0.135 e. The molecular weight excluding hydrogens is 350 g/mol. The van der Waals surface area contributed by atoms with Crippen molar-refractivity contribution < 1.29 is 4.42 Å². The van der Waals surface area contributed by atoms with Crippen LogP contribution in [0.4, 0.5) is 5.69 Å². The summed E-state index contributed by atoms with van der Waals surface area (Å²) < 4.78 is 6.80. The van der Waals surface area contributed by atoms with Gasteiger partial charge in [0.25, 0.3) is 0 Å². The summed E-state index contributed by atoms with van der Waals surface area (Å²) in [7, 11) is 0. The molecule has 0 saturated carbocycles. The lowest BCUT2D eigenvalue weighted by Gasteiger charge is -2.04. The van der Waals surface area contributed by atoms with E-state index in [0.717, 1.165) is 27.2 Å². The summed E-state index contributed by atoms with van der Waals surface area (Å²) >= 11 is 9.64. The first-order chi connectivity index (χ1) is 10.2. The summed E-state index contributed by atoms with van der Waals surface area (Å²) in [6.07, 6.45) is 0. The Balaban J connectivity index is 1.74. The van der Waals surface area contributed by atoms with Crippen LogP contribution in [0, 0.1) is 0 Å². The minimum absolute atomic E-state index is 0.637. The maximum atomic E-state index is 6.24. The lowest BCUT2D eigenvalue weighted by atomic mass is 10.2. The third-order valence-electron chi connectivity index (χ3n) is 3.10. The lowest BCUT2D eigenvalue weighted by Crippen LogP contribution is -1.97. The second-order valence-electron chi connectivity index (χ2n) is 4.61. The first-order valence-corrected chi connectivity index (χ1v) is 7.72. The van der Waals surface area contributed by atoms with Crippen LogP contribution in [0.15, 0.2) is 69.6 Å². The van der Waals surface area contributed by atoms with Gasteiger partial charge >= 0.3 is 0 Å². The molecule has 2 nitrogen and oxygen atoms in total. The molecule has 0 amide bonds. The number of halogens is 2. The van der Waals surface area contributed by atoms with Gasteiger partial charge in [-0.15, -0.1) is 0 Å². The average Bonchev–Trinajstić information content (AvgIpc) is 2.95. The van der Waals surface area contributed by atoms with Gasteiger partial charge in [-0.25, -0.2) is 0 Å². The normalized spacial score (nSPS) is 10.6. The van der Waals surface area contributed by atoms with E-state index in [9.17, 15) is 0 Å². The number of anilines is 1. The van der Waals surface area contributed by atoms with E-state index in [0.29, 0.717) is 11.6 Å². The van der Waals surface area contributed by atoms with Crippen LogP contribution in [0.5, 0.6) is 0 Å². The molecule has 0 fully saturated rings. The van der Waals surface area contributed by atoms with Crippen molar-refractivity contribution in [2.75, 3.05) is 5.32 Å². The quantitative estimate of drug-likeness (QED) is 0.618. The minimum atomic E-state index is 0.637. The van der Waals surface area contributed by atoms with E-state index < -0.39 is 0 Å². The van der Waals surface area contributed by atoms with Crippen LogP contribution in [-0.2, 0) is 6.54 Å². The second kappa shape index (κ2) is 6.37. The van der Waals surface area contributed by atoms with Crippen molar-refractivity contribution in [2.45, 2.75) is 6.54 Å². The van der Waals surface area contributed by atoms with Gasteiger partial charge in [0.15, 0.2) is 0 Å². The fourth-order valence-corrected chi connectivity index (χ4v) is 2.82. The SMILES string of the molecule is Clc1cc(Br)ccc1-c1ccc(CNc2ccccc2)o1. The molecule has 1 N–H and O–H groups in total. The molecule has 0 aliphatic rings. The van der Waals surface area contributed by atoms with Crippen LogP contribution in [0.1, 0.15) is 5.76 Å². The molecular formula is C17H13BrClNO. The van der Waals surface area contributed by atoms with Crippen molar-refractivity contribution in [1.82, 2.24) is 0 Å². The highest BCUT2D eigenvalue weighted by Crippen LogP contribution is 2.31.